The normalized spacial score (nSPS) is 28.2. The molecule has 0 aromatic heterocycles. The van der Waals surface area contributed by atoms with Crippen LogP contribution in [-0.2, 0) is 77.8 Å². The van der Waals surface area contributed by atoms with Gasteiger partial charge < -0.3 is 78.7 Å². The maximum absolute atomic E-state index is 15.5. The molecule has 6 rings (SSSR count). The number of carboxylic acids is 1. The van der Waals surface area contributed by atoms with E-state index in [9.17, 15) is 5.11 Å². The minimum atomic E-state index is -2.73. The summed E-state index contributed by atoms with van der Waals surface area (Å²) in [5.74, 6) is -4.37. The molecule has 2 N–H and O–H groups in total. The second-order valence-corrected chi connectivity index (χ2v) is 85.7. The van der Waals surface area contributed by atoms with E-state index in [1.807, 2.05) is 73.8 Å². The molecule has 2 fully saturated rings. The monoisotopic (exact) mass is 2190 g/mol. The highest BCUT2D eigenvalue weighted by atomic mass is 28.4. The van der Waals surface area contributed by atoms with Gasteiger partial charge in [-0.3, -0.25) is 9.59 Å². The van der Waals surface area contributed by atoms with Gasteiger partial charge in [-0.1, -0.05) is 334 Å². The van der Waals surface area contributed by atoms with Gasteiger partial charge in [0.2, 0.25) is 0 Å². The number of carboxylic acid groups (broad SMARTS) is 1. The first-order valence-electron chi connectivity index (χ1n) is 58.8. The highest BCUT2D eigenvalue weighted by Crippen LogP contribution is 2.50. The zero-order valence-corrected chi connectivity index (χ0v) is 107. The number of allylic oxidation sites excluding steroid dienone is 12. The molecule has 19 atom stereocenters. The third-order valence-electron chi connectivity index (χ3n) is 36.7. The summed E-state index contributed by atoms with van der Waals surface area (Å²) in [6, 6.07) is 39.7. The summed E-state index contributed by atoms with van der Waals surface area (Å²) in [5.41, 5.74) is 4.48. The minimum Gasteiger partial charge on any atom is -0.481 e. The number of amides is 1. The molecule has 0 spiro atoms. The summed E-state index contributed by atoms with van der Waals surface area (Å²) in [7, 11) is -21.1. The number of cyclic esters (lactones) is 1. The number of fused-ring (bicyclic) bond motifs is 5. The Morgan fingerprint density at radius 3 is 1.17 bits per heavy atom. The number of hydrogen-bond donors (Lipinski definition) is 2. The first-order valence-corrected chi connectivity index (χ1v) is 81.5. The van der Waals surface area contributed by atoms with Crippen molar-refractivity contribution in [3.8, 4) is 11.1 Å². The molecule has 2 saturated heterocycles. The van der Waals surface area contributed by atoms with E-state index >= 15 is 14.4 Å². The number of aliphatic carboxylic acids is 1. The van der Waals surface area contributed by atoms with Gasteiger partial charge in [0, 0.05) is 44.3 Å². The average molecular weight is 2190 g/mol. The van der Waals surface area contributed by atoms with Crippen molar-refractivity contribution in [1.29, 1.82) is 0 Å². The lowest BCUT2D eigenvalue weighted by molar-refractivity contribution is -0.315. The molecule has 2 aromatic rings. The van der Waals surface area contributed by atoms with Crippen LogP contribution < -0.4 is 5.32 Å². The van der Waals surface area contributed by atoms with E-state index in [4.69, 9.17) is 68.3 Å². The summed E-state index contributed by atoms with van der Waals surface area (Å²) >= 11 is 0. The van der Waals surface area contributed by atoms with Crippen molar-refractivity contribution in [1.82, 2.24) is 5.32 Å². The van der Waals surface area contributed by atoms with Crippen LogP contribution in [0.1, 0.15) is 283 Å². The Bertz CT molecular complexity index is 4170. The van der Waals surface area contributed by atoms with E-state index < -0.39 is 178 Å². The van der Waals surface area contributed by atoms with E-state index in [2.05, 4.69) is 280 Å². The van der Waals surface area contributed by atoms with Gasteiger partial charge in [0.15, 0.2) is 86.9 Å². The molecule has 3 heterocycles. The third kappa shape index (κ3) is 35.4. The number of benzene rings is 2. The summed E-state index contributed by atoms with van der Waals surface area (Å²) in [5, 5.41) is 16.0. The molecular weight excluding hydrogens is 1980 g/mol. The van der Waals surface area contributed by atoms with Crippen molar-refractivity contribution in [3.05, 3.63) is 145 Å². The van der Waals surface area contributed by atoms with Gasteiger partial charge in [-0.15, -0.1) is 0 Å². The maximum atomic E-state index is 15.5. The average Bonchev–Trinajstić information content (AvgIpc) is 1.36. The van der Waals surface area contributed by atoms with Crippen LogP contribution in [0.15, 0.2) is 134 Å². The SMILES string of the molecule is CC[Si](CC)(CC)O[C@@H]1CC[C@@H](O[Si](CC)(CC)CC)[C@H](O[Si](CC)(CC)CC)C[C@H](O[Si](CC)(CC)CC)C[C@]2(OC)C[C@H](O[Si](CC)(CC)CC)[C@@H](C(=O)O)[C@H](C[C@@H](O[C@@H]3O[C@H](C)[C@@H](O[Si](CC)(CC)CC)[C@H](NC(=O)OCC4c5ccccc5-c5ccccc54)[C@@H]3O[Si](CC)(CC)CC)/C=C/C=C/C=C/C=C/C=C/C=C/C=C/[C@H](C)[C@@H](O[Si](CC)(CC)CC)[C@@H](C)[C@H](C)OC(=O)C[C@H](O[Si](CC)(CC)CC)C1)O2. The number of methoxy groups -OCH3 is 1. The van der Waals surface area contributed by atoms with Crippen molar-refractivity contribution in [2.24, 2.45) is 17.8 Å². The largest absolute Gasteiger partial charge is 0.481 e. The summed E-state index contributed by atoms with van der Waals surface area (Å²) in [6.07, 6.45) is 21.1. The lowest BCUT2D eigenvalue weighted by atomic mass is 9.82. The van der Waals surface area contributed by atoms with Crippen LogP contribution >= 0.6 is 0 Å². The van der Waals surface area contributed by atoms with Crippen LogP contribution in [0.4, 0.5) is 4.79 Å². The molecule has 3 aliphatic heterocycles. The van der Waals surface area contributed by atoms with Crippen LogP contribution in [0.5, 0.6) is 0 Å². The van der Waals surface area contributed by atoms with Gasteiger partial charge in [0.25, 0.3) is 0 Å². The zero-order valence-electron chi connectivity index (χ0n) is 97.9. The second-order valence-electron chi connectivity index (χ2n) is 43.1. The Balaban J connectivity index is 1.75. The van der Waals surface area contributed by atoms with Gasteiger partial charge in [-0.2, -0.15) is 0 Å². The topological polar surface area (TPSA) is 222 Å². The molecule has 0 unspecified atom stereocenters. The van der Waals surface area contributed by atoms with Gasteiger partial charge in [0.05, 0.1) is 73.5 Å². The molecule has 0 radical (unpaired) electrons. The third-order valence-corrected chi connectivity index (χ3v) is 78.8. The molecule has 834 valence electrons. The minimum absolute atomic E-state index is 0.0000708. The predicted octanol–water partition coefficient (Wildman–Crippen LogP) is 32.2. The number of ether oxygens (including phenoxy) is 6. The fourth-order valence-electron chi connectivity index (χ4n) is 24.0. The highest BCUT2D eigenvalue weighted by molar-refractivity contribution is 6.77. The van der Waals surface area contributed by atoms with Crippen molar-refractivity contribution in [3.63, 3.8) is 0 Å². The fourth-order valence-corrected chi connectivity index (χ4v) is 50.1. The van der Waals surface area contributed by atoms with Crippen molar-refractivity contribution in [2.75, 3.05) is 13.7 Å². The van der Waals surface area contributed by atoms with Crippen LogP contribution in [0.2, 0.25) is 163 Å². The van der Waals surface area contributed by atoms with E-state index in [0.29, 0.717) is 25.7 Å². The van der Waals surface area contributed by atoms with Gasteiger partial charge in [-0.05, 0) is 231 Å². The van der Waals surface area contributed by atoms with Crippen LogP contribution in [0.3, 0.4) is 0 Å². The Hall–Kier alpha value is -3.74. The molecular formula is C117H211NO19Si9. The van der Waals surface area contributed by atoms with Gasteiger partial charge in [-0.25, -0.2) is 4.79 Å². The van der Waals surface area contributed by atoms with Crippen molar-refractivity contribution >= 4 is 92.9 Å². The lowest BCUT2D eigenvalue weighted by Crippen LogP contribution is -2.69. The molecule has 1 aliphatic carbocycles. The number of alkyl carbamates (subject to hydrolysis) is 1. The number of carbonyl (C=O) groups is 3. The molecule has 2 aromatic carbocycles. The maximum Gasteiger partial charge on any atom is 0.407 e. The van der Waals surface area contributed by atoms with Crippen LogP contribution in [-0.4, -0.2) is 209 Å². The predicted molar refractivity (Wildman–Crippen MR) is 630 cm³/mol. The molecule has 0 saturated carbocycles. The van der Waals surface area contributed by atoms with E-state index in [-0.39, 0.29) is 68.2 Å². The smallest absolute Gasteiger partial charge is 0.407 e. The molecule has 4 aliphatic rings. The Morgan fingerprint density at radius 2 is 0.753 bits per heavy atom. The van der Waals surface area contributed by atoms with Gasteiger partial charge in [0.1, 0.15) is 24.7 Å². The molecule has 29 heteroatoms. The Morgan fingerprint density at radius 1 is 0.390 bits per heavy atom. The van der Waals surface area contributed by atoms with Crippen molar-refractivity contribution in [2.45, 2.75) is 533 Å². The second kappa shape index (κ2) is 64.1. The molecule has 2 bridgehead atoms. The zero-order chi connectivity index (χ0) is 108. The summed E-state index contributed by atoms with van der Waals surface area (Å²) in [6.45, 7) is 70.1. The van der Waals surface area contributed by atoms with E-state index in [0.717, 1.165) is 185 Å². The number of nitrogens with one attached hydrogen (secondary N) is 1. The van der Waals surface area contributed by atoms with Gasteiger partial charge >= 0.3 is 18.0 Å². The first kappa shape index (κ1) is 131. The van der Waals surface area contributed by atoms with Crippen molar-refractivity contribution < 1.29 is 87.7 Å². The number of rotatable bonds is 52. The van der Waals surface area contributed by atoms with Crippen LogP contribution in [0.25, 0.3) is 11.1 Å². The first-order chi connectivity index (χ1) is 69.9. The standard InChI is InChI=1S/C117H211NO19Si9/c1-33-138(34-2,35-3)129-96-82-83-104(132-141(42-10,43-11)44-12)105(133-142(45-13,46-14)47-15)86-98(131-140(39-7,40-8)41-9)88-117(123-32)89-107(134-143(48-16,49-17)50-18)109(114(120)121)106(128-117)85-95(77-71-69-67-65-63-61-60-62-64-66-68-70-76-91(28)111(135-144(51-19,52-20)53-21)92(29)93(30)125-108(119)87-97(84-96)130-139(36-4,37-5)38-6)127-115-113(137-146(57-25,58-26)59-27)110(112(94(31)126-115)136-145(54-22,55-23)56-24)118-116(122)124-90-103-101-80-74-72-78-99(101)100-79-73-75-81-102(100)103/h60-81,91-98,103-107,109-113,115H,33-59,82-90H2,1-32H3,(H,118,122)(H,120,121)/b61-60+,64-62+,65-63+,68-66+,69-67+,76-70+,77-71+/t91-,92-,93-,94+,95-,96+,97+,98-,104+,105+,106-,107-,109-,110-,111+,112+,113-,115-,117+/m0/s1. The summed E-state index contributed by atoms with van der Waals surface area (Å²) in [4.78, 5) is 46.4. The van der Waals surface area contributed by atoms with E-state index in [1.165, 1.54) is 0 Å². The lowest BCUT2D eigenvalue weighted by Gasteiger charge is -2.52. The molecule has 1 amide bonds. The quantitative estimate of drug-likeness (QED) is 0.0464. The summed E-state index contributed by atoms with van der Waals surface area (Å²) < 4.78 is 116. The Labute approximate surface area is 899 Å². The number of carbonyl (C=O) groups excluding carboxylic acids is 2. The fraction of sp³-hybridized carbons (Fsp3) is 0.752. The van der Waals surface area contributed by atoms with Crippen LogP contribution in [0, 0.1) is 17.8 Å². The number of esters is 1. The van der Waals surface area contributed by atoms with E-state index in [1.54, 1.807) is 7.11 Å². The highest BCUT2D eigenvalue weighted by Gasteiger charge is 2.58. The Kier molecular flexibility index (Phi) is 57.5. The molecule has 146 heavy (non-hydrogen) atoms. The molecule has 20 nitrogen and oxygen atoms in total. The number of hydrogen-bond acceptors (Lipinski definition) is 18.